The van der Waals surface area contributed by atoms with Crippen LogP contribution in [0, 0.1) is 0 Å². The lowest BCUT2D eigenvalue weighted by atomic mass is 10.0. The minimum Gasteiger partial charge on any atom is -0.368 e. The number of hydrogen-bond acceptors (Lipinski definition) is 3. The van der Waals surface area contributed by atoms with Gasteiger partial charge in [0, 0.05) is 18.8 Å². The molecule has 1 saturated heterocycles. The number of benzene rings is 1. The fourth-order valence-corrected chi connectivity index (χ4v) is 2.26. The first-order valence-electron chi connectivity index (χ1n) is 5.79. The molecular weight excluding hydrogens is 245 g/mol. The van der Waals surface area contributed by atoms with Gasteiger partial charge >= 0.3 is 6.18 Å². The van der Waals surface area contributed by atoms with E-state index in [1.165, 1.54) is 12.1 Å². The fourth-order valence-electron chi connectivity index (χ4n) is 2.26. The molecule has 0 aliphatic carbocycles. The monoisotopic (exact) mass is 260 g/mol. The molecular formula is C12H15F3N2O. The van der Waals surface area contributed by atoms with E-state index in [1.807, 2.05) is 0 Å². The Kier molecular flexibility index (Phi) is 3.77. The van der Waals surface area contributed by atoms with Gasteiger partial charge in [0.1, 0.15) is 0 Å². The minimum atomic E-state index is -4.34. The summed E-state index contributed by atoms with van der Waals surface area (Å²) in [7, 11) is 0. The van der Waals surface area contributed by atoms with E-state index < -0.39 is 11.7 Å². The summed E-state index contributed by atoms with van der Waals surface area (Å²) in [6, 6.07) is 5.59. The summed E-state index contributed by atoms with van der Waals surface area (Å²) in [4.78, 5) is 6.43. The molecule has 2 rings (SSSR count). The molecule has 1 aromatic carbocycles. The molecule has 18 heavy (non-hydrogen) atoms. The van der Waals surface area contributed by atoms with E-state index in [9.17, 15) is 13.2 Å². The zero-order valence-electron chi connectivity index (χ0n) is 9.78. The van der Waals surface area contributed by atoms with Crippen LogP contribution in [0.15, 0.2) is 24.3 Å². The van der Waals surface area contributed by atoms with Crippen molar-refractivity contribution >= 4 is 5.69 Å². The highest BCUT2D eigenvalue weighted by molar-refractivity contribution is 5.55. The van der Waals surface area contributed by atoms with Crippen molar-refractivity contribution < 1.29 is 18.0 Å². The Morgan fingerprint density at radius 1 is 1.28 bits per heavy atom. The Morgan fingerprint density at radius 3 is 2.67 bits per heavy atom. The number of hydrogen-bond donors (Lipinski definition) is 1. The van der Waals surface area contributed by atoms with E-state index in [0.29, 0.717) is 13.1 Å². The van der Waals surface area contributed by atoms with Gasteiger partial charge in [0.2, 0.25) is 0 Å². The van der Waals surface area contributed by atoms with Crippen LogP contribution in [0.3, 0.4) is 0 Å². The summed E-state index contributed by atoms with van der Waals surface area (Å²) in [5, 5.41) is 0. The molecule has 1 heterocycles. The van der Waals surface area contributed by atoms with Crippen LogP contribution in [0.1, 0.15) is 18.4 Å². The van der Waals surface area contributed by atoms with Gasteiger partial charge in [-0.15, -0.1) is 0 Å². The number of anilines is 1. The predicted molar refractivity (Wildman–Crippen MR) is 62.0 cm³/mol. The molecule has 0 spiro atoms. The zero-order chi connectivity index (χ0) is 13.2. The van der Waals surface area contributed by atoms with Crippen LogP contribution in [0.4, 0.5) is 18.9 Å². The van der Waals surface area contributed by atoms with Gasteiger partial charge in [-0.2, -0.15) is 13.2 Å². The van der Waals surface area contributed by atoms with Crippen molar-refractivity contribution in [3.63, 3.8) is 0 Å². The number of para-hydroxylation sites is 1. The third-order valence-electron chi connectivity index (χ3n) is 3.12. The molecule has 1 unspecified atom stereocenters. The second kappa shape index (κ2) is 5.16. The maximum Gasteiger partial charge on any atom is 0.418 e. The average molecular weight is 260 g/mol. The number of halogens is 3. The summed E-state index contributed by atoms with van der Waals surface area (Å²) in [5.74, 6) is 5.12. The van der Waals surface area contributed by atoms with Crippen LogP contribution in [-0.2, 0) is 11.0 Å². The van der Waals surface area contributed by atoms with Gasteiger partial charge in [-0.25, -0.2) is 5.90 Å². The van der Waals surface area contributed by atoms with Gasteiger partial charge in [-0.05, 0) is 25.0 Å². The van der Waals surface area contributed by atoms with Crippen molar-refractivity contribution in [3.8, 4) is 0 Å². The average Bonchev–Trinajstić information content (AvgIpc) is 2.38. The molecule has 0 bridgehead atoms. The quantitative estimate of drug-likeness (QED) is 0.830. The van der Waals surface area contributed by atoms with Crippen LogP contribution >= 0.6 is 0 Å². The van der Waals surface area contributed by atoms with E-state index in [-0.39, 0.29) is 11.8 Å². The van der Waals surface area contributed by atoms with E-state index in [1.54, 1.807) is 11.0 Å². The smallest absolute Gasteiger partial charge is 0.368 e. The molecule has 1 atom stereocenters. The van der Waals surface area contributed by atoms with Gasteiger partial charge in [0.05, 0.1) is 11.7 Å². The maximum absolute atomic E-state index is 12.9. The molecule has 2 N–H and O–H groups in total. The lowest BCUT2D eigenvalue weighted by Crippen LogP contribution is -2.41. The van der Waals surface area contributed by atoms with Crippen LogP contribution in [-0.4, -0.2) is 19.2 Å². The van der Waals surface area contributed by atoms with E-state index >= 15 is 0 Å². The molecule has 6 heteroatoms. The molecule has 100 valence electrons. The Bertz CT molecular complexity index is 409. The molecule has 0 saturated carbocycles. The first kappa shape index (κ1) is 13.2. The zero-order valence-corrected chi connectivity index (χ0v) is 9.78. The molecule has 1 aromatic rings. The number of piperidine rings is 1. The molecule has 0 aromatic heterocycles. The molecule has 0 amide bonds. The summed E-state index contributed by atoms with van der Waals surface area (Å²) < 4.78 is 38.7. The van der Waals surface area contributed by atoms with Crippen molar-refractivity contribution in [1.29, 1.82) is 0 Å². The largest absolute Gasteiger partial charge is 0.418 e. The van der Waals surface area contributed by atoms with Crippen molar-refractivity contribution in [1.82, 2.24) is 0 Å². The first-order valence-corrected chi connectivity index (χ1v) is 5.79. The highest BCUT2D eigenvalue weighted by atomic mass is 19.4. The van der Waals surface area contributed by atoms with E-state index in [4.69, 9.17) is 10.7 Å². The Morgan fingerprint density at radius 2 is 2.00 bits per heavy atom. The third-order valence-corrected chi connectivity index (χ3v) is 3.12. The van der Waals surface area contributed by atoms with Gasteiger partial charge in [0.15, 0.2) is 0 Å². The van der Waals surface area contributed by atoms with Gasteiger partial charge in [-0.1, -0.05) is 12.1 Å². The molecule has 1 aliphatic heterocycles. The molecule has 0 radical (unpaired) electrons. The second-order valence-corrected chi connectivity index (χ2v) is 4.36. The fraction of sp³-hybridized carbons (Fsp3) is 0.500. The topological polar surface area (TPSA) is 38.5 Å². The number of nitrogens with two attached hydrogens (primary N) is 1. The normalized spacial score (nSPS) is 21.1. The van der Waals surface area contributed by atoms with Gasteiger partial charge < -0.3 is 4.90 Å². The summed E-state index contributed by atoms with van der Waals surface area (Å²) >= 11 is 0. The molecule has 1 fully saturated rings. The standard InChI is InChI=1S/C12H15F3N2O/c13-12(14,15)10-5-1-2-6-11(10)17-7-3-4-9(8-17)18-16/h1-2,5-6,9H,3-4,7-8,16H2. The van der Waals surface area contributed by atoms with Crippen molar-refractivity contribution in [2.75, 3.05) is 18.0 Å². The predicted octanol–water partition coefficient (Wildman–Crippen LogP) is 2.56. The van der Waals surface area contributed by atoms with Crippen LogP contribution in [0.25, 0.3) is 0 Å². The van der Waals surface area contributed by atoms with Crippen LogP contribution in [0.2, 0.25) is 0 Å². The van der Waals surface area contributed by atoms with Gasteiger partial charge in [-0.3, -0.25) is 4.84 Å². The van der Waals surface area contributed by atoms with Crippen molar-refractivity contribution in [2.24, 2.45) is 5.90 Å². The van der Waals surface area contributed by atoms with Crippen molar-refractivity contribution in [3.05, 3.63) is 29.8 Å². The Balaban J connectivity index is 2.27. The van der Waals surface area contributed by atoms with Crippen LogP contribution in [0.5, 0.6) is 0 Å². The highest BCUT2D eigenvalue weighted by Crippen LogP contribution is 2.37. The van der Waals surface area contributed by atoms with Gasteiger partial charge in [0.25, 0.3) is 0 Å². The Labute approximate surface area is 103 Å². The summed E-state index contributed by atoms with van der Waals surface area (Å²) in [6.07, 6.45) is -3.00. The van der Waals surface area contributed by atoms with Crippen LogP contribution < -0.4 is 10.8 Å². The first-order chi connectivity index (χ1) is 8.52. The summed E-state index contributed by atoms with van der Waals surface area (Å²) in [6.45, 7) is 0.983. The molecule has 1 aliphatic rings. The number of rotatable bonds is 2. The van der Waals surface area contributed by atoms with E-state index in [0.717, 1.165) is 18.9 Å². The third kappa shape index (κ3) is 2.76. The SMILES string of the molecule is NOC1CCCN(c2ccccc2C(F)(F)F)C1. The number of alkyl halides is 3. The summed E-state index contributed by atoms with van der Waals surface area (Å²) in [5.41, 5.74) is -0.408. The Hall–Kier alpha value is -1.27. The van der Waals surface area contributed by atoms with E-state index in [2.05, 4.69) is 0 Å². The lowest BCUT2D eigenvalue weighted by Gasteiger charge is -2.34. The number of nitrogens with zero attached hydrogens (tertiary/aromatic N) is 1. The van der Waals surface area contributed by atoms with Crippen molar-refractivity contribution in [2.45, 2.75) is 25.1 Å². The highest BCUT2D eigenvalue weighted by Gasteiger charge is 2.35. The minimum absolute atomic E-state index is 0.201. The molecule has 3 nitrogen and oxygen atoms in total. The lowest BCUT2D eigenvalue weighted by molar-refractivity contribution is -0.137. The maximum atomic E-state index is 12.9. The second-order valence-electron chi connectivity index (χ2n) is 4.36.